The average Bonchev–Trinajstić information content (AvgIpc) is 2.78. The van der Waals surface area contributed by atoms with Crippen molar-refractivity contribution in [3.63, 3.8) is 0 Å². The molecule has 34 heavy (non-hydrogen) atoms. The first-order valence-corrected chi connectivity index (χ1v) is 12.9. The lowest BCUT2D eigenvalue weighted by molar-refractivity contribution is -0.0597. The number of hydrogen-bond acceptors (Lipinski definition) is 3. The maximum absolute atomic E-state index is 13.1. The Morgan fingerprint density at radius 1 is 1.09 bits per heavy atom. The molecule has 6 heteroatoms. The van der Waals surface area contributed by atoms with Gasteiger partial charge in [0.25, 0.3) is 5.91 Å². The number of nitrogens with one attached hydrogen (secondary N) is 1. The SMILES string of the molecule is O=C(Nc1ccc(F)cc1)c1cc(Cl)ccc1OCC(O)CCCC12CC3CC(CC(C3)C1)C2. The third kappa shape index (κ3) is 5.41. The molecule has 182 valence electrons. The van der Waals surface area contributed by atoms with E-state index in [9.17, 15) is 14.3 Å². The number of hydrogen-bond donors (Lipinski definition) is 2. The number of carbonyl (C=O) groups is 1. The summed E-state index contributed by atoms with van der Waals surface area (Å²) in [5.41, 5.74) is 1.27. The second-order valence-electron chi connectivity index (χ2n) is 10.9. The average molecular weight is 486 g/mol. The Balaban J connectivity index is 1.13. The number of halogens is 2. The Morgan fingerprint density at radius 3 is 2.38 bits per heavy atom. The summed E-state index contributed by atoms with van der Waals surface area (Å²) in [6.07, 6.45) is 10.9. The number of amides is 1. The molecule has 2 N–H and O–H groups in total. The third-order valence-corrected chi connectivity index (χ3v) is 8.36. The van der Waals surface area contributed by atoms with Gasteiger partial charge in [-0.25, -0.2) is 4.39 Å². The molecular formula is C28H33ClFNO3. The van der Waals surface area contributed by atoms with Crippen LogP contribution in [0.5, 0.6) is 5.75 Å². The summed E-state index contributed by atoms with van der Waals surface area (Å²) in [6, 6.07) is 10.4. The molecule has 1 amide bonds. The van der Waals surface area contributed by atoms with Gasteiger partial charge in [0.2, 0.25) is 0 Å². The van der Waals surface area contributed by atoms with Crippen molar-refractivity contribution in [2.45, 2.75) is 63.9 Å². The number of carbonyl (C=O) groups excluding carboxylic acids is 1. The zero-order chi connectivity index (χ0) is 23.7. The summed E-state index contributed by atoms with van der Waals surface area (Å²) < 4.78 is 19.0. The first kappa shape index (κ1) is 23.6. The minimum atomic E-state index is -0.586. The Kier molecular flexibility index (Phi) is 6.85. The van der Waals surface area contributed by atoms with Gasteiger partial charge >= 0.3 is 0 Å². The van der Waals surface area contributed by atoms with E-state index < -0.39 is 12.0 Å². The molecule has 0 aliphatic heterocycles. The minimum Gasteiger partial charge on any atom is -0.490 e. The highest BCUT2D eigenvalue weighted by Crippen LogP contribution is 2.61. The largest absolute Gasteiger partial charge is 0.490 e. The molecule has 0 heterocycles. The van der Waals surface area contributed by atoms with Crippen LogP contribution in [-0.4, -0.2) is 23.7 Å². The maximum atomic E-state index is 13.1. The molecule has 1 unspecified atom stereocenters. The van der Waals surface area contributed by atoms with Crippen LogP contribution in [0.3, 0.4) is 0 Å². The van der Waals surface area contributed by atoms with Gasteiger partial charge in [0, 0.05) is 10.7 Å². The molecule has 4 aliphatic rings. The zero-order valence-electron chi connectivity index (χ0n) is 19.4. The minimum absolute atomic E-state index is 0.124. The molecule has 4 nitrogen and oxygen atoms in total. The van der Waals surface area contributed by atoms with Gasteiger partial charge in [-0.05, 0) is 117 Å². The lowest BCUT2D eigenvalue weighted by Crippen LogP contribution is -2.46. The highest BCUT2D eigenvalue weighted by Gasteiger charge is 2.50. The predicted octanol–water partition coefficient (Wildman–Crippen LogP) is 6.86. The molecule has 0 spiro atoms. The molecule has 4 aliphatic carbocycles. The third-order valence-electron chi connectivity index (χ3n) is 8.13. The van der Waals surface area contributed by atoms with Crippen molar-refractivity contribution in [2.75, 3.05) is 11.9 Å². The van der Waals surface area contributed by atoms with E-state index in [2.05, 4.69) is 5.32 Å². The highest BCUT2D eigenvalue weighted by molar-refractivity contribution is 6.31. The van der Waals surface area contributed by atoms with Crippen LogP contribution in [-0.2, 0) is 0 Å². The number of benzene rings is 2. The molecule has 0 aromatic heterocycles. The summed E-state index contributed by atoms with van der Waals surface area (Å²) in [5, 5.41) is 13.7. The Hall–Kier alpha value is -2.11. The van der Waals surface area contributed by atoms with E-state index in [0.717, 1.165) is 24.2 Å². The number of ether oxygens (including phenoxy) is 1. The zero-order valence-corrected chi connectivity index (χ0v) is 20.2. The van der Waals surface area contributed by atoms with Crippen LogP contribution < -0.4 is 10.1 Å². The van der Waals surface area contributed by atoms with Gasteiger partial charge in [-0.3, -0.25) is 4.79 Å². The predicted molar refractivity (Wildman–Crippen MR) is 132 cm³/mol. The van der Waals surface area contributed by atoms with E-state index in [1.807, 2.05) is 0 Å². The molecule has 4 fully saturated rings. The van der Waals surface area contributed by atoms with Crippen LogP contribution in [0.1, 0.15) is 68.1 Å². The van der Waals surface area contributed by atoms with Gasteiger partial charge < -0.3 is 15.2 Å². The van der Waals surface area contributed by atoms with Crippen molar-refractivity contribution in [1.29, 1.82) is 0 Å². The van der Waals surface area contributed by atoms with Crippen molar-refractivity contribution in [3.8, 4) is 5.75 Å². The molecule has 2 aromatic carbocycles. The van der Waals surface area contributed by atoms with E-state index in [0.29, 0.717) is 28.3 Å². The van der Waals surface area contributed by atoms with Crippen LogP contribution in [0.4, 0.5) is 10.1 Å². The molecule has 1 atom stereocenters. The van der Waals surface area contributed by atoms with Gasteiger partial charge in [-0.15, -0.1) is 0 Å². The van der Waals surface area contributed by atoms with Gasteiger partial charge in [-0.2, -0.15) is 0 Å². The van der Waals surface area contributed by atoms with Crippen molar-refractivity contribution in [2.24, 2.45) is 23.2 Å². The van der Waals surface area contributed by atoms with Crippen LogP contribution in [0.15, 0.2) is 42.5 Å². The standard InChI is InChI=1S/C28H33ClFNO3/c29-21-3-8-26(25(13-21)27(33)31-23-6-4-22(30)5-7-23)34-17-24(32)2-1-9-28-14-18-10-19(15-28)12-20(11-18)16-28/h3-8,13,18-20,24,32H,1-2,9-12,14-17H2,(H,31,33). The maximum Gasteiger partial charge on any atom is 0.259 e. The fraction of sp³-hybridized carbons (Fsp3) is 0.536. The summed E-state index contributed by atoms with van der Waals surface area (Å²) in [5.74, 6) is 2.43. The first-order chi connectivity index (χ1) is 16.4. The van der Waals surface area contributed by atoms with E-state index in [1.54, 1.807) is 12.1 Å². The summed E-state index contributed by atoms with van der Waals surface area (Å²) in [4.78, 5) is 12.8. The van der Waals surface area contributed by atoms with Crippen molar-refractivity contribution in [1.82, 2.24) is 0 Å². The van der Waals surface area contributed by atoms with Gasteiger partial charge in [0.1, 0.15) is 18.2 Å². The lowest BCUT2D eigenvalue weighted by Gasteiger charge is -2.57. The normalized spacial score (nSPS) is 28.0. The fourth-order valence-electron chi connectivity index (χ4n) is 7.12. The van der Waals surface area contributed by atoms with Crippen LogP contribution in [0, 0.1) is 29.0 Å². The van der Waals surface area contributed by atoms with Crippen molar-refractivity contribution >= 4 is 23.2 Å². The summed E-state index contributed by atoms with van der Waals surface area (Å²) in [6.45, 7) is 0.124. The molecule has 4 saturated carbocycles. The lowest BCUT2D eigenvalue weighted by atomic mass is 9.48. The Labute approximate surface area is 205 Å². The monoisotopic (exact) mass is 485 g/mol. The van der Waals surface area contributed by atoms with Crippen LogP contribution in [0.2, 0.25) is 5.02 Å². The number of anilines is 1. The van der Waals surface area contributed by atoms with Crippen LogP contribution in [0.25, 0.3) is 0 Å². The molecule has 0 saturated heterocycles. The van der Waals surface area contributed by atoms with Gasteiger partial charge in [0.05, 0.1) is 11.7 Å². The van der Waals surface area contributed by atoms with E-state index >= 15 is 0 Å². The van der Waals surface area contributed by atoms with Crippen LogP contribution >= 0.6 is 11.6 Å². The molecular weight excluding hydrogens is 453 g/mol. The van der Waals surface area contributed by atoms with Crippen molar-refractivity contribution < 1.29 is 19.0 Å². The molecule has 4 bridgehead atoms. The summed E-state index contributed by atoms with van der Waals surface area (Å²) >= 11 is 6.11. The number of rotatable bonds is 9. The molecule has 0 radical (unpaired) electrons. The van der Waals surface area contributed by atoms with E-state index in [1.165, 1.54) is 75.3 Å². The fourth-order valence-corrected chi connectivity index (χ4v) is 7.29. The topological polar surface area (TPSA) is 58.6 Å². The second kappa shape index (κ2) is 9.87. The van der Waals surface area contributed by atoms with Gasteiger partial charge in [-0.1, -0.05) is 18.0 Å². The quantitative estimate of drug-likeness (QED) is 0.408. The smallest absolute Gasteiger partial charge is 0.259 e. The highest BCUT2D eigenvalue weighted by atomic mass is 35.5. The number of aliphatic hydroxyl groups is 1. The van der Waals surface area contributed by atoms with E-state index in [4.69, 9.17) is 16.3 Å². The Bertz CT molecular complexity index is 990. The molecule has 2 aromatic rings. The number of aliphatic hydroxyl groups excluding tert-OH is 1. The summed E-state index contributed by atoms with van der Waals surface area (Å²) in [7, 11) is 0. The molecule has 6 rings (SSSR count). The van der Waals surface area contributed by atoms with E-state index in [-0.39, 0.29) is 18.0 Å². The Morgan fingerprint density at radius 2 is 1.74 bits per heavy atom. The van der Waals surface area contributed by atoms with Gasteiger partial charge in [0.15, 0.2) is 0 Å². The second-order valence-corrected chi connectivity index (χ2v) is 11.3. The van der Waals surface area contributed by atoms with Crippen molar-refractivity contribution in [3.05, 3.63) is 58.9 Å². The first-order valence-electron chi connectivity index (χ1n) is 12.5.